The van der Waals surface area contributed by atoms with Crippen molar-refractivity contribution in [1.29, 1.82) is 0 Å². The van der Waals surface area contributed by atoms with Crippen LogP contribution in [-0.2, 0) is 28.5 Å². The van der Waals surface area contributed by atoms with E-state index in [9.17, 15) is 30.3 Å². The molecule has 0 aliphatic carbocycles. The van der Waals surface area contributed by atoms with Crippen molar-refractivity contribution in [3.63, 3.8) is 0 Å². The minimum atomic E-state index is -1.79. The van der Waals surface area contributed by atoms with E-state index in [0.29, 0.717) is 25.9 Å². The Morgan fingerprint density at radius 2 is 1.59 bits per heavy atom. The second-order valence-electron chi connectivity index (χ2n) is 18.3. The Morgan fingerprint density at radius 1 is 0.926 bits per heavy atom. The number of hydrogen-bond donors (Lipinski definition) is 7. The largest absolute Gasteiger partial charge is 0.459 e. The van der Waals surface area contributed by atoms with Crippen molar-refractivity contribution in [1.82, 2.24) is 15.5 Å². The first kappa shape index (κ1) is 45.7. The number of likely N-dealkylation sites (N-methyl/N-ethyl adjacent to an activating group) is 1. The number of rotatable bonds is 6. The molecule has 4 heterocycles. The zero-order valence-electron chi connectivity index (χ0n) is 35.1. The lowest BCUT2D eigenvalue weighted by Crippen LogP contribution is -2.67. The summed E-state index contributed by atoms with van der Waals surface area (Å²) in [6.07, 6.45) is -5.98. The number of fused-ring (bicyclic) bond motifs is 6. The number of carbonyl (C=O) groups is 1. The minimum absolute atomic E-state index is 0.139. The number of ether oxygens (including phenoxy) is 5. The zero-order chi connectivity index (χ0) is 40.6. The standard InChI is InChI=1S/C40H75N3O11/c1-13-15-41-21-40(49)26(7)50-30-19-37(40,8)18-27-16-28(43(11)12)31(44)36(51-27)54-34-23(4)32(53-30)24(5)35(46)52-29(14-2)39(10,48)33(45)25(6)42-20-22(3)17-38(34,9)47/h22-34,36,41-42,44-45,47-49H,13-21H2,1-12H3/t22-,23+,24-,25-,26+,27+,28+,29-,30+,31-,32+,33-,34-,36+,37+,38-,39-,40+/m1/s1. The fraction of sp³-hybridized carbons (Fsp3) is 0.975. The second-order valence-corrected chi connectivity index (χ2v) is 18.3. The lowest BCUT2D eigenvalue weighted by atomic mass is 9.63. The van der Waals surface area contributed by atoms with E-state index < -0.39 is 101 Å². The van der Waals surface area contributed by atoms with Crippen molar-refractivity contribution in [3.8, 4) is 0 Å². The molecule has 18 atom stereocenters. The van der Waals surface area contributed by atoms with Gasteiger partial charge in [0, 0.05) is 36.4 Å². The van der Waals surface area contributed by atoms with E-state index in [-0.39, 0.29) is 37.8 Å². The predicted octanol–water partition coefficient (Wildman–Crippen LogP) is 1.91. The molecule has 0 amide bonds. The van der Waals surface area contributed by atoms with E-state index >= 15 is 0 Å². The first-order valence-corrected chi connectivity index (χ1v) is 20.5. The molecule has 0 aromatic rings. The quantitative estimate of drug-likeness (QED) is 0.153. The van der Waals surface area contributed by atoms with Gasteiger partial charge in [0.15, 0.2) is 12.6 Å². The summed E-state index contributed by atoms with van der Waals surface area (Å²) in [6, 6.07) is -0.925. The lowest BCUT2D eigenvalue weighted by Gasteiger charge is -2.57. The minimum Gasteiger partial charge on any atom is -0.459 e. The molecule has 54 heavy (non-hydrogen) atoms. The molecule has 316 valence electrons. The van der Waals surface area contributed by atoms with Crippen LogP contribution >= 0.6 is 0 Å². The summed E-state index contributed by atoms with van der Waals surface area (Å²) in [6.45, 7) is 19.6. The smallest absolute Gasteiger partial charge is 0.311 e. The highest BCUT2D eigenvalue weighted by Crippen LogP contribution is 2.51. The fourth-order valence-electron chi connectivity index (χ4n) is 9.87. The van der Waals surface area contributed by atoms with Gasteiger partial charge in [-0.25, -0.2) is 0 Å². The summed E-state index contributed by atoms with van der Waals surface area (Å²) in [5.74, 6) is -2.47. The first-order valence-electron chi connectivity index (χ1n) is 20.5. The van der Waals surface area contributed by atoms with Crippen molar-refractivity contribution in [2.24, 2.45) is 23.2 Å². The Kier molecular flexibility index (Phi) is 15.1. The monoisotopic (exact) mass is 774 g/mol. The summed E-state index contributed by atoms with van der Waals surface area (Å²) in [5, 5.41) is 66.6. The highest BCUT2D eigenvalue weighted by molar-refractivity contribution is 5.73. The number of nitrogens with one attached hydrogen (secondary N) is 2. The van der Waals surface area contributed by atoms with Gasteiger partial charge in [0.1, 0.15) is 29.5 Å². The first-order chi connectivity index (χ1) is 25.0. The van der Waals surface area contributed by atoms with Crippen LogP contribution in [-0.4, -0.2) is 154 Å². The number of aliphatic hydroxyl groups is 5. The summed E-state index contributed by atoms with van der Waals surface area (Å²) >= 11 is 0. The van der Waals surface area contributed by atoms with Crippen molar-refractivity contribution in [2.75, 3.05) is 33.7 Å². The van der Waals surface area contributed by atoms with Crippen LogP contribution in [0.3, 0.4) is 0 Å². The molecule has 4 aliphatic heterocycles. The van der Waals surface area contributed by atoms with E-state index in [1.807, 2.05) is 46.7 Å². The van der Waals surface area contributed by atoms with Gasteiger partial charge in [0.05, 0.1) is 35.9 Å². The highest BCUT2D eigenvalue weighted by atomic mass is 16.7. The number of hydrogen-bond acceptors (Lipinski definition) is 14. The van der Waals surface area contributed by atoms with Crippen LogP contribution in [0.4, 0.5) is 0 Å². The number of aliphatic hydroxyl groups excluding tert-OH is 2. The molecular weight excluding hydrogens is 698 g/mol. The Balaban J connectivity index is 1.88. The highest BCUT2D eigenvalue weighted by Gasteiger charge is 2.59. The number of nitrogens with zero attached hydrogens (tertiary/aromatic N) is 1. The van der Waals surface area contributed by atoms with Crippen molar-refractivity contribution in [2.45, 2.75) is 192 Å². The molecule has 0 spiro atoms. The van der Waals surface area contributed by atoms with Gasteiger partial charge < -0.3 is 64.8 Å². The molecule has 14 heteroatoms. The average Bonchev–Trinajstić information content (AvgIpc) is 3.08. The van der Waals surface area contributed by atoms with Crippen LogP contribution in [0.5, 0.6) is 0 Å². The van der Waals surface area contributed by atoms with E-state index in [2.05, 4.69) is 17.6 Å². The van der Waals surface area contributed by atoms with Gasteiger partial charge in [0.2, 0.25) is 0 Å². The Bertz CT molecular complexity index is 1230. The topological polar surface area (TPSA) is 192 Å². The van der Waals surface area contributed by atoms with E-state index in [0.717, 1.165) is 6.42 Å². The molecule has 4 rings (SSSR count). The van der Waals surface area contributed by atoms with E-state index in [1.165, 1.54) is 6.92 Å². The third kappa shape index (κ3) is 9.47. The maximum absolute atomic E-state index is 14.3. The summed E-state index contributed by atoms with van der Waals surface area (Å²) in [7, 11) is 3.81. The summed E-state index contributed by atoms with van der Waals surface area (Å²) in [4.78, 5) is 16.2. The van der Waals surface area contributed by atoms with E-state index in [1.54, 1.807) is 27.7 Å². The number of carbonyl (C=O) groups excluding carboxylic acids is 1. The Hall–Kier alpha value is -1.01. The molecule has 0 saturated carbocycles. The molecule has 14 nitrogen and oxygen atoms in total. The molecule has 4 aliphatic rings. The third-order valence-corrected chi connectivity index (χ3v) is 13.3. The molecule has 0 unspecified atom stereocenters. The Labute approximate surface area is 324 Å². The maximum atomic E-state index is 14.3. The Morgan fingerprint density at radius 3 is 2.20 bits per heavy atom. The molecule has 4 fully saturated rings. The van der Waals surface area contributed by atoms with Gasteiger partial charge in [-0.05, 0) is 99.8 Å². The van der Waals surface area contributed by atoms with Crippen LogP contribution in [0.1, 0.15) is 108 Å². The average molecular weight is 774 g/mol. The zero-order valence-corrected chi connectivity index (χ0v) is 35.1. The molecule has 0 radical (unpaired) electrons. The van der Waals surface area contributed by atoms with Crippen LogP contribution in [0, 0.1) is 23.2 Å². The van der Waals surface area contributed by atoms with Gasteiger partial charge >= 0.3 is 5.97 Å². The molecule has 0 aromatic heterocycles. The molecule has 6 bridgehead atoms. The van der Waals surface area contributed by atoms with Gasteiger partial charge in [-0.2, -0.15) is 0 Å². The summed E-state index contributed by atoms with van der Waals surface area (Å²) < 4.78 is 33.0. The van der Waals surface area contributed by atoms with Crippen molar-refractivity contribution >= 4 is 5.97 Å². The van der Waals surface area contributed by atoms with Gasteiger partial charge in [-0.15, -0.1) is 0 Å². The summed E-state index contributed by atoms with van der Waals surface area (Å²) in [5.41, 5.74) is -5.46. The third-order valence-electron chi connectivity index (χ3n) is 13.3. The fourth-order valence-corrected chi connectivity index (χ4v) is 9.87. The maximum Gasteiger partial charge on any atom is 0.311 e. The van der Waals surface area contributed by atoms with Crippen molar-refractivity contribution < 1.29 is 54.0 Å². The van der Waals surface area contributed by atoms with Crippen LogP contribution in [0.25, 0.3) is 0 Å². The van der Waals surface area contributed by atoms with Gasteiger partial charge in [-0.3, -0.25) is 4.79 Å². The molecular formula is C40H75N3O11. The lowest BCUT2D eigenvalue weighted by molar-refractivity contribution is -0.343. The van der Waals surface area contributed by atoms with Gasteiger partial charge in [-0.1, -0.05) is 34.6 Å². The van der Waals surface area contributed by atoms with Crippen LogP contribution in [0.2, 0.25) is 0 Å². The number of cyclic esters (lactones) is 1. The molecule has 4 saturated heterocycles. The normalized spacial score (nSPS) is 50.2. The van der Waals surface area contributed by atoms with Crippen LogP contribution in [0.15, 0.2) is 0 Å². The molecule has 0 aromatic carbocycles. The number of esters is 1. The SMILES string of the molecule is CCCNC[C@]1(O)[C@H](C)O[C@@H]2C[C@]1(C)C[C@@H]1C[C@H](N(C)C)[C@@H](O)[C@@H](O1)O[C@@H]1[C@@H](C)[C@H](O2)[C@@H](C)C(=O)O[C@H](CC)[C@@](C)(O)[C@H](O)[C@@H](C)NC[C@H](C)C[C@@]1(C)O. The predicted molar refractivity (Wildman–Crippen MR) is 203 cm³/mol. The van der Waals surface area contributed by atoms with Crippen LogP contribution < -0.4 is 10.6 Å². The second kappa shape index (κ2) is 17.9. The van der Waals surface area contributed by atoms with E-state index in [4.69, 9.17) is 23.7 Å². The molecule has 7 N–H and O–H groups in total. The van der Waals surface area contributed by atoms with Crippen molar-refractivity contribution in [3.05, 3.63) is 0 Å². The van der Waals surface area contributed by atoms with Gasteiger partial charge in [0.25, 0.3) is 0 Å².